The maximum absolute atomic E-state index is 6.14. The van der Waals surface area contributed by atoms with Gasteiger partial charge < -0.3 is 4.42 Å². The Hall–Kier alpha value is -1.54. The molecule has 0 saturated carbocycles. The van der Waals surface area contributed by atoms with E-state index in [2.05, 4.69) is 18.0 Å². The van der Waals surface area contributed by atoms with Crippen molar-refractivity contribution in [2.45, 2.75) is 32.6 Å². The molecule has 0 aliphatic heterocycles. The van der Waals surface area contributed by atoms with Gasteiger partial charge >= 0.3 is 0 Å². The highest BCUT2D eigenvalue weighted by Gasteiger charge is 2.19. The summed E-state index contributed by atoms with van der Waals surface area (Å²) >= 11 is 6.14. The number of halogens is 1. The zero-order valence-corrected chi connectivity index (χ0v) is 11.5. The van der Waals surface area contributed by atoms with Crippen LogP contribution in [-0.2, 0) is 12.8 Å². The van der Waals surface area contributed by atoms with Gasteiger partial charge in [-0.25, -0.2) is 4.98 Å². The van der Waals surface area contributed by atoms with Crippen LogP contribution in [0.15, 0.2) is 22.7 Å². The van der Waals surface area contributed by atoms with Gasteiger partial charge in [0.15, 0.2) is 10.7 Å². The molecule has 19 heavy (non-hydrogen) atoms. The van der Waals surface area contributed by atoms with Crippen LogP contribution in [0, 0.1) is 6.92 Å². The zero-order valence-electron chi connectivity index (χ0n) is 10.8. The van der Waals surface area contributed by atoms with Crippen molar-refractivity contribution in [3.63, 3.8) is 0 Å². The van der Waals surface area contributed by atoms with Crippen molar-refractivity contribution >= 4 is 33.5 Å². The summed E-state index contributed by atoms with van der Waals surface area (Å²) < 4.78 is 5.94. The Balaban J connectivity index is 2.19. The topological polar surface area (TPSA) is 26.0 Å². The third-order valence-corrected chi connectivity index (χ3v) is 4.50. The number of rotatable bonds is 0. The highest BCUT2D eigenvalue weighted by atomic mass is 35.5. The fourth-order valence-corrected chi connectivity index (χ4v) is 3.52. The minimum absolute atomic E-state index is 0.450. The maximum Gasteiger partial charge on any atom is 0.172 e. The van der Waals surface area contributed by atoms with E-state index in [4.69, 9.17) is 16.0 Å². The first-order chi connectivity index (χ1) is 9.25. The van der Waals surface area contributed by atoms with Crippen LogP contribution in [0.5, 0.6) is 0 Å². The fraction of sp³-hybridized carbons (Fsp3) is 0.312. The molecule has 0 amide bonds. The van der Waals surface area contributed by atoms with Crippen molar-refractivity contribution in [3.8, 4) is 0 Å². The highest BCUT2D eigenvalue weighted by molar-refractivity contribution is 6.34. The second-order valence-electron chi connectivity index (χ2n) is 5.30. The Bertz CT molecular complexity index is 803. The van der Waals surface area contributed by atoms with Crippen molar-refractivity contribution < 1.29 is 4.42 Å². The number of pyridine rings is 1. The molecular weight excluding hydrogens is 258 g/mol. The van der Waals surface area contributed by atoms with Gasteiger partial charge in [-0.2, -0.15) is 0 Å². The lowest BCUT2D eigenvalue weighted by atomic mass is 9.87. The van der Waals surface area contributed by atoms with Gasteiger partial charge in [0.2, 0.25) is 0 Å². The van der Waals surface area contributed by atoms with E-state index in [-0.39, 0.29) is 0 Å². The average molecular weight is 272 g/mol. The van der Waals surface area contributed by atoms with Gasteiger partial charge in [-0.15, -0.1) is 0 Å². The molecule has 0 radical (unpaired) electrons. The molecule has 1 aliphatic carbocycles. The smallest absolute Gasteiger partial charge is 0.172 e. The van der Waals surface area contributed by atoms with Crippen LogP contribution in [0.25, 0.3) is 21.9 Å². The zero-order chi connectivity index (χ0) is 13.0. The van der Waals surface area contributed by atoms with Gasteiger partial charge in [-0.3, -0.25) is 0 Å². The predicted molar refractivity (Wildman–Crippen MR) is 77.9 cm³/mol. The second kappa shape index (κ2) is 3.97. The van der Waals surface area contributed by atoms with E-state index < -0.39 is 0 Å². The van der Waals surface area contributed by atoms with Crippen molar-refractivity contribution in [1.82, 2.24) is 4.98 Å². The van der Waals surface area contributed by atoms with Crippen molar-refractivity contribution in [2.75, 3.05) is 0 Å². The normalized spacial score (nSPS) is 15.1. The first kappa shape index (κ1) is 11.3. The van der Waals surface area contributed by atoms with E-state index in [0.29, 0.717) is 10.7 Å². The molecule has 96 valence electrons. The molecule has 2 aromatic heterocycles. The lowest BCUT2D eigenvalue weighted by molar-refractivity contribution is 0.657. The summed E-state index contributed by atoms with van der Waals surface area (Å²) in [7, 11) is 0. The fourth-order valence-electron chi connectivity index (χ4n) is 3.32. The van der Waals surface area contributed by atoms with Gasteiger partial charge in [0.25, 0.3) is 0 Å². The van der Waals surface area contributed by atoms with Crippen LogP contribution in [0.2, 0.25) is 5.15 Å². The minimum Gasteiger partial charge on any atom is -0.453 e. The van der Waals surface area contributed by atoms with E-state index in [0.717, 1.165) is 17.4 Å². The molecule has 0 spiro atoms. The van der Waals surface area contributed by atoms with E-state index in [1.807, 2.05) is 6.07 Å². The van der Waals surface area contributed by atoms with E-state index in [1.165, 1.54) is 41.3 Å². The largest absolute Gasteiger partial charge is 0.453 e. The minimum atomic E-state index is 0.450. The van der Waals surface area contributed by atoms with Crippen LogP contribution in [-0.4, -0.2) is 4.98 Å². The van der Waals surface area contributed by atoms with Gasteiger partial charge in [-0.1, -0.05) is 11.6 Å². The number of hydrogen-bond acceptors (Lipinski definition) is 2. The molecule has 0 bridgehead atoms. The monoisotopic (exact) mass is 271 g/mol. The molecule has 0 atom stereocenters. The number of aryl methyl sites for hydroxylation is 2. The van der Waals surface area contributed by atoms with Crippen molar-refractivity contribution in [1.29, 1.82) is 0 Å². The van der Waals surface area contributed by atoms with Gasteiger partial charge in [0.05, 0.1) is 0 Å². The number of nitrogens with zero attached hydrogens (tertiary/aromatic N) is 1. The molecule has 0 fully saturated rings. The summed E-state index contributed by atoms with van der Waals surface area (Å²) in [6, 6.07) is 4.20. The molecule has 0 N–H and O–H groups in total. The molecule has 1 aliphatic rings. The molecule has 4 rings (SSSR count). The van der Waals surface area contributed by atoms with Crippen LogP contribution in [0.4, 0.5) is 0 Å². The Morgan fingerprint density at radius 1 is 1.26 bits per heavy atom. The SMILES string of the molecule is Cc1c2c(cc3oc4c(Cl)nccc4c13)CCCC2. The van der Waals surface area contributed by atoms with E-state index in [1.54, 1.807) is 6.20 Å². The number of hydrogen-bond donors (Lipinski definition) is 0. The third kappa shape index (κ3) is 1.53. The Morgan fingerprint density at radius 2 is 2.11 bits per heavy atom. The predicted octanol–water partition coefficient (Wildman–Crippen LogP) is 4.82. The Morgan fingerprint density at radius 3 is 3.00 bits per heavy atom. The first-order valence-corrected chi connectivity index (χ1v) is 7.11. The molecule has 0 unspecified atom stereocenters. The number of benzene rings is 1. The summed E-state index contributed by atoms with van der Waals surface area (Å²) in [6.07, 6.45) is 6.66. The summed E-state index contributed by atoms with van der Waals surface area (Å²) in [5.41, 5.74) is 5.97. The lowest BCUT2D eigenvalue weighted by Gasteiger charge is -2.18. The average Bonchev–Trinajstić information content (AvgIpc) is 2.79. The van der Waals surface area contributed by atoms with Gasteiger partial charge in [0, 0.05) is 17.0 Å². The molecule has 2 heterocycles. The molecule has 2 nitrogen and oxygen atoms in total. The number of aromatic nitrogens is 1. The van der Waals surface area contributed by atoms with Crippen molar-refractivity contribution in [2.24, 2.45) is 0 Å². The standard InChI is InChI=1S/C16H14ClNO/c1-9-11-5-3-2-4-10(11)8-13-14(9)12-6-7-18-16(17)15(12)19-13/h6-8H,2-5H2,1H3. The van der Waals surface area contributed by atoms with Crippen molar-refractivity contribution in [3.05, 3.63) is 40.2 Å². The molecule has 3 heteroatoms. The number of furan rings is 1. The second-order valence-corrected chi connectivity index (χ2v) is 5.66. The molecule has 3 aromatic rings. The summed E-state index contributed by atoms with van der Waals surface area (Å²) in [5.74, 6) is 0. The summed E-state index contributed by atoms with van der Waals surface area (Å²) in [4.78, 5) is 4.10. The Kier molecular flexibility index (Phi) is 2.36. The summed E-state index contributed by atoms with van der Waals surface area (Å²) in [5, 5.41) is 2.74. The van der Waals surface area contributed by atoms with Crippen LogP contribution in [0.3, 0.4) is 0 Å². The molecular formula is C16H14ClNO. The van der Waals surface area contributed by atoms with E-state index >= 15 is 0 Å². The third-order valence-electron chi connectivity index (χ3n) is 4.23. The molecule has 0 saturated heterocycles. The maximum atomic E-state index is 6.14. The lowest BCUT2D eigenvalue weighted by Crippen LogP contribution is -2.04. The Labute approximate surface area is 116 Å². The first-order valence-electron chi connectivity index (χ1n) is 6.74. The highest BCUT2D eigenvalue weighted by Crippen LogP contribution is 2.38. The quantitative estimate of drug-likeness (QED) is 0.548. The van der Waals surface area contributed by atoms with Crippen LogP contribution in [0.1, 0.15) is 29.5 Å². The molecule has 1 aromatic carbocycles. The summed E-state index contributed by atoms with van der Waals surface area (Å²) in [6.45, 7) is 2.20. The van der Waals surface area contributed by atoms with Gasteiger partial charge in [0.1, 0.15) is 5.58 Å². The number of fused-ring (bicyclic) bond motifs is 4. The van der Waals surface area contributed by atoms with E-state index in [9.17, 15) is 0 Å². The van der Waals surface area contributed by atoms with Gasteiger partial charge in [-0.05, 0) is 61.4 Å². The van der Waals surface area contributed by atoms with Crippen LogP contribution >= 0.6 is 11.6 Å². The van der Waals surface area contributed by atoms with Crippen LogP contribution < -0.4 is 0 Å².